The number of carboxylic acid groups (broad SMARTS) is 1. The molecule has 34 heavy (non-hydrogen) atoms. The number of ketones is 1. The van der Waals surface area contributed by atoms with Crippen LogP contribution in [0.1, 0.15) is 54.9 Å². The van der Waals surface area contributed by atoms with Crippen molar-refractivity contribution in [1.82, 2.24) is 4.57 Å². The Morgan fingerprint density at radius 2 is 1.82 bits per heavy atom. The first kappa shape index (κ1) is 24.0. The second kappa shape index (κ2) is 11.3. The van der Waals surface area contributed by atoms with Crippen molar-refractivity contribution in [3.05, 3.63) is 65.9 Å². The van der Waals surface area contributed by atoms with Crippen LogP contribution in [-0.4, -0.2) is 40.7 Å². The Hall–Kier alpha value is -3.12. The largest absolute Gasteiger partial charge is 0.492 e. The summed E-state index contributed by atoms with van der Waals surface area (Å²) >= 11 is 0. The number of hydrogen-bond acceptors (Lipinski definition) is 4. The van der Waals surface area contributed by atoms with Gasteiger partial charge in [-0.05, 0) is 61.7 Å². The Balaban J connectivity index is 1.32. The highest BCUT2D eigenvalue weighted by molar-refractivity contribution is 6.01. The first-order chi connectivity index (χ1) is 16.5. The number of fused-ring (bicyclic) bond motifs is 1. The van der Waals surface area contributed by atoms with Crippen molar-refractivity contribution in [1.29, 1.82) is 0 Å². The Morgan fingerprint density at radius 3 is 2.53 bits per heavy atom. The fourth-order valence-electron chi connectivity index (χ4n) is 4.77. The molecule has 3 aromatic rings. The lowest BCUT2D eigenvalue weighted by molar-refractivity contribution is -0.149. The molecule has 1 atom stereocenters. The third-order valence-electron chi connectivity index (χ3n) is 6.62. The number of carbonyl (C=O) groups excluding carboxylic acids is 1. The van der Waals surface area contributed by atoms with Gasteiger partial charge in [-0.2, -0.15) is 0 Å². The van der Waals surface area contributed by atoms with Crippen molar-refractivity contribution >= 4 is 22.7 Å². The molecule has 2 aromatic carbocycles. The molecule has 1 aromatic heterocycles. The zero-order valence-electron chi connectivity index (χ0n) is 19.7. The van der Waals surface area contributed by atoms with Gasteiger partial charge in [-0.15, -0.1) is 0 Å². The fourth-order valence-corrected chi connectivity index (χ4v) is 4.77. The van der Waals surface area contributed by atoms with Crippen molar-refractivity contribution in [3.63, 3.8) is 0 Å². The number of hydrogen-bond donors (Lipinski definition) is 1. The van der Waals surface area contributed by atoms with Crippen LogP contribution in [-0.2, 0) is 22.5 Å². The molecule has 0 saturated heterocycles. The maximum Gasteiger partial charge on any atom is 0.333 e. The Labute approximate surface area is 200 Å². The zero-order chi connectivity index (χ0) is 23.9. The molecule has 0 bridgehead atoms. The minimum absolute atomic E-state index is 0.183. The smallest absolute Gasteiger partial charge is 0.333 e. The standard InChI is InChI=1S/C28H33NO5/c1-2-33-26(28(31)32)18-20-8-11-24(12-9-20)34-17-16-29-15-14-22-19-23(10-13-25(22)29)27(30)21-6-4-3-5-7-21/h8-15,19,21,26H,2-7,16-18H2,1H3,(H,31,32). The average Bonchev–Trinajstić information content (AvgIpc) is 3.27. The van der Waals surface area contributed by atoms with Crippen LogP contribution in [0.2, 0.25) is 0 Å². The van der Waals surface area contributed by atoms with E-state index in [0.717, 1.165) is 53.5 Å². The summed E-state index contributed by atoms with van der Waals surface area (Å²) in [6.45, 7) is 3.34. The van der Waals surface area contributed by atoms with Crippen LogP contribution in [0.3, 0.4) is 0 Å². The van der Waals surface area contributed by atoms with Gasteiger partial charge in [0.25, 0.3) is 0 Å². The molecule has 6 heteroatoms. The molecule has 0 radical (unpaired) electrons. The van der Waals surface area contributed by atoms with Gasteiger partial charge in [0.05, 0.1) is 6.54 Å². The van der Waals surface area contributed by atoms with Crippen LogP contribution in [0.5, 0.6) is 5.75 Å². The van der Waals surface area contributed by atoms with Gasteiger partial charge in [0, 0.05) is 41.6 Å². The van der Waals surface area contributed by atoms with Crippen LogP contribution in [0, 0.1) is 5.92 Å². The highest BCUT2D eigenvalue weighted by atomic mass is 16.5. The van der Waals surface area contributed by atoms with Crippen molar-refractivity contribution < 1.29 is 24.2 Å². The molecule has 1 fully saturated rings. The third kappa shape index (κ3) is 5.86. The molecule has 180 valence electrons. The van der Waals surface area contributed by atoms with E-state index in [1.165, 1.54) is 6.42 Å². The van der Waals surface area contributed by atoms with Gasteiger partial charge < -0.3 is 19.1 Å². The molecule has 1 unspecified atom stereocenters. The van der Waals surface area contributed by atoms with Crippen LogP contribution in [0.25, 0.3) is 10.9 Å². The van der Waals surface area contributed by atoms with Crippen molar-refractivity contribution in [2.24, 2.45) is 5.92 Å². The first-order valence-corrected chi connectivity index (χ1v) is 12.2. The molecule has 0 aliphatic heterocycles. The SMILES string of the molecule is CCOC(Cc1ccc(OCCn2ccc3cc(C(=O)C4CCCCC4)ccc32)cc1)C(=O)O. The number of carbonyl (C=O) groups is 2. The molecule has 0 amide bonds. The number of nitrogens with zero attached hydrogens (tertiary/aromatic N) is 1. The monoisotopic (exact) mass is 463 g/mol. The van der Waals surface area contributed by atoms with E-state index in [1.807, 2.05) is 48.7 Å². The number of Topliss-reactive ketones (excluding diaryl/α,β-unsaturated/α-hetero) is 1. The predicted molar refractivity (Wildman–Crippen MR) is 132 cm³/mol. The molecule has 1 aliphatic carbocycles. The van der Waals surface area contributed by atoms with Gasteiger partial charge in [-0.25, -0.2) is 4.79 Å². The molecule has 6 nitrogen and oxygen atoms in total. The molecule has 1 N–H and O–H groups in total. The minimum Gasteiger partial charge on any atom is -0.492 e. The second-order valence-electron chi connectivity index (χ2n) is 8.96. The topological polar surface area (TPSA) is 77.8 Å². The van der Waals surface area contributed by atoms with Crippen LogP contribution >= 0.6 is 0 Å². The maximum atomic E-state index is 12.9. The zero-order valence-corrected chi connectivity index (χ0v) is 19.7. The summed E-state index contributed by atoms with van der Waals surface area (Å²) in [5.41, 5.74) is 2.81. The van der Waals surface area contributed by atoms with E-state index in [-0.39, 0.29) is 11.7 Å². The lowest BCUT2D eigenvalue weighted by atomic mass is 9.84. The van der Waals surface area contributed by atoms with E-state index < -0.39 is 12.1 Å². The molecule has 4 rings (SSSR count). The molecule has 0 spiro atoms. The quantitative estimate of drug-likeness (QED) is 0.379. The minimum atomic E-state index is -0.952. The van der Waals surface area contributed by atoms with Crippen LogP contribution in [0.4, 0.5) is 0 Å². The molecular weight excluding hydrogens is 430 g/mol. The highest BCUT2D eigenvalue weighted by Crippen LogP contribution is 2.28. The Kier molecular flexibility index (Phi) is 8.01. The summed E-state index contributed by atoms with van der Waals surface area (Å²) in [6.07, 6.45) is 7.12. The summed E-state index contributed by atoms with van der Waals surface area (Å²) < 4.78 is 13.3. The summed E-state index contributed by atoms with van der Waals surface area (Å²) in [4.78, 5) is 24.1. The van der Waals surface area contributed by atoms with Gasteiger partial charge in [0.1, 0.15) is 12.4 Å². The van der Waals surface area contributed by atoms with E-state index in [0.29, 0.717) is 26.2 Å². The van der Waals surface area contributed by atoms with E-state index >= 15 is 0 Å². The maximum absolute atomic E-state index is 12.9. The summed E-state index contributed by atoms with van der Waals surface area (Å²) in [5, 5.41) is 10.3. The average molecular weight is 464 g/mol. The van der Waals surface area contributed by atoms with Crippen LogP contribution in [0.15, 0.2) is 54.7 Å². The van der Waals surface area contributed by atoms with Gasteiger partial charge >= 0.3 is 5.97 Å². The molecule has 1 saturated carbocycles. The first-order valence-electron chi connectivity index (χ1n) is 12.2. The number of carboxylic acids is 1. The van der Waals surface area contributed by atoms with E-state index in [1.54, 1.807) is 6.92 Å². The predicted octanol–water partition coefficient (Wildman–Crippen LogP) is 5.52. The molecule has 1 aliphatic rings. The number of benzene rings is 2. The van der Waals surface area contributed by atoms with Crippen molar-refractivity contribution in [2.45, 2.75) is 58.1 Å². The molecular formula is C28H33NO5. The number of rotatable bonds is 11. The van der Waals surface area contributed by atoms with Gasteiger partial charge in [-0.3, -0.25) is 4.79 Å². The number of ether oxygens (including phenoxy) is 2. The highest BCUT2D eigenvalue weighted by Gasteiger charge is 2.22. The van der Waals surface area contributed by atoms with Gasteiger partial charge in [-0.1, -0.05) is 31.4 Å². The molecule has 1 heterocycles. The fraction of sp³-hybridized carbons (Fsp3) is 0.429. The lowest BCUT2D eigenvalue weighted by Gasteiger charge is -2.20. The normalized spacial score (nSPS) is 15.3. The Morgan fingerprint density at radius 1 is 1.06 bits per heavy atom. The summed E-state index contributed by atoms with van der Waals surface area (Å²) in [5.74, 6) is 0.259. The lowest BCUT2D eigenvalue weighted by Crippen LogP contribution is -2.26. The Bertz CT molecular complexity index is 1110. The van der Waals surface area contributed by atoms with Crippen LogP contribution < -0.4 is 4.74 Å². The van der Waals surface area contributed by atoms with Crippen molar-refractivity contribution in [2.75, 3.05) is 13.2 Å². The summed E-state index contributed by atoms with van der Waals surface area (Å²) in [7, 11) is 0. The van der Waals surface area contributed by atoms with E-state index in [9.17, 15) is 14.7 Å². The van der Waals surface area contributed by atoms with E-state index in [4.69, 9.17) is 9.47 Å². The van der Waals surface area contributed by atoms with Crippen molar-refractivity contribution in [3.8, 4) is 5.75 Å². The van der Waals surface area contributed by atoms with Gasteiger partial charge in [0.2, 0.25) is 0 Å². The van der Waals surface area contributed by atoms with E-state index in [2.05, 4.69) is 10.6 Å². The second-order valence-corrected chi connectivity index (χ2v) is 8.96. The summed E-state index contributed by atoms with van der Waals surface area (Å²) in [6, 6.07) is 15.5. The number of aliphatic carboxylic acids is 1. The number of aromatic nitrogens is 1. The third-order valence-corrected chi connectivity index (χ3v) is 6.62. The van der Waals surface area contributed by atoms with Gasteiger partial charge in [0.15, 0.2) is 11.9 Å².